The molecule has 1 aliphatic heterocycles. The summed E-state index contributed by atoms with van der Waals surface area (Å²) in [6.45, 7) is 0. The zero-order valence-electron chi connectivity index (χ0n) is 14.1. The highest BCUT2D eigenvalue weighted by molar-refractivity contribution is 9.10. The second kappa shape index (κ2) is 7.63. The number of halogens is 1. The summed E-state index contributed by atoms with van der Waals surface area (Å²) in [6.07, 6.45) is 2.90. The Morgan fingerprint density at radius 1 is 0.654 bits per heavy atom. The molecule has 0 saturated heterocycles. The van der Waals surface area contributed by atoms with Crippen LogP contribution in [0, 0.1) is 0 Å². The standard InChI is InChI=1S/C23H17BrN2/c24-20-13-7-12-19(16-20)22-15-14-21(17-8-3-1-4-9-17)25-23(26-22)18-10-5-2-6-11-18/h1-13,15-16H,14H2. The average Bonchev–Trinajstić information content (AvgIpc) is 2.93. The maximum absolute atomic E-state index is 4.92. The van der Waals surface area contributed by atoms with Gasteiger partial charge in [-0.25, -0.2) is 9.98 Å². The van der Waals surface area contributed by atoms with Crippen molar-refractivity contribution in [2.75, 3.05) is 0 Å². The molecule has 3 heteroatoms. The maximum atomic E-state index is 4.92. The van der Waals surface area contributed by atoms with Gasteiger partial charge in [-0.2, -0.15) is 0 Å². The van der Waals surface area contributed by atoms with Crippen LogP contribution >= 0.6 is 15.9 Å². The summed E-state index contributed by atoms with van der Waals surface area (Å²) in [7, 11) is 0. The highest BCUT2D eigenvalue weighted by atomic mass is 79.9. The zero-order valence-corrected chi connectivity index (χ0v) is 15.7. The van der Waals surface area contributed by atoms with Crippen LogP contribution in [0.1, 0.15) is 23.1 Å². The lowest BCUT2D eigenvalue weighted by atomic mass is 10.1. The molecule has 1 heterocycles. The van der Waals surface area contributed by atoms with Gasteiger partial charge in [-0.3, -0.25) is 0 Å². The summed E-state index contributed by atoms with van der Waals surface area (Å²) in [6, 6.07) is 28.7. The molecule has 0 spiro atoms. The van der Waals surface area contributed by atoms with Crippen LogP contribution in [0.15, 0.2) is 105 Å². The monoisotopic (exact) mass is 400 g/mol. The van der Waals surface area contributed by atoms with E-state index < -0.39 is 0 Å². The molecule has 0 unspecified atom stereocenters. The number of hydrogen-bond acceptors (Lipinski definition) is 2. The third-order valence-corrected chi connectivity index (χ3v) is 4.71. The number of allylic oxidation sites excluding steroid dienone is 1. The molecule has 3 aromatic carbocycles. The zero-order chi connectivity index (χ0) is 17.8. The summed E-state index contributed by atoms with van der Waals surface area (Å²) < 4.78 is 1.04. The first kappa shape index (κ1) is 16.7. The Labute approximate surface area is 161 Å². The molecule has 0 bridgehead atoms. The fourth-order valence-electron chi connectivity index (χ4n) is 2.91. The Bertz CT molecular complexity index is 1000. The SMILES string of the molecule is Brc1cccc(C2=CCC(c3ccccc3)=NC(c3ccccc3)=N2)c1. The van der Waals surface area contributed by atoms with Gasteiger partial charge in [-0.05, 0) is 17.7 Å². The van der Waals surface area contributed by atoms with E-state index in [2.05, 4.69) is 58.4 Å². The van der Waals surface area contributed by atoms with Gasteiger partial charge in [0.1, 0.15) is 0 Å². The van der Waals surface area contributed by atoms with Crippen molar-refractivity contribution in [3.05, 3.63) is 112 Å². The topological polar surface area (TPSA) is 24.7 Å². The van der Waals surface area contributed by atoms with Gasteiger partial charge in [0.2, 0.25) is 0 Å². The van der Waals surface area contributed by atoms with E-state index in [1.165, 1.54) is 0 Å². The lowest BCUT2D eigenvalue weighted by molar-refractivity contribution is 1.42. The summed E-state index contributed by atoms with van der Waals surface area (Å²) in [4.78, 5) is 9.82. The fourth-order valence-corrected chi connectivity index (χ4v) is 3.31. The second-order valence-electron chi connectivity index (χ2n) is 6.03. The molecule has 0 amide bonds. The molecule has 126 valence electrons. The summed E-state index contributed by atoms with van der Waals surface area (Å²) in [5.41, 5.74) is 5.20. The minimum absolute atomic E-state index is 0.742. The lowest BCUT2D eigenvalue weighted by Crippen LogP contribution is -2.04. The van der Waals surface area contributed by atoms with E-state index in [-0.39, 0.29) is 0 Å². The van der Waals surface area contributed by atoms with Crippen molar-refractivity contribution in [1.82, 2.24) is 0 Å². The predicted molar refractivity (Wildman–Crippen MR) is 113 cm³/mol. The maximum Gasteiger partial charge on any atom is 0.160 e. The molecule has 0 saturated carbocycles. The normalized spacial score (nSPS) is 14.1. The number of rotatable bonds is 3. The molecule has 0 aliphatic carbocycles. The van der Waals surface area contributed by atoms with Gasteiger partial charge in [0.15, 0.2) is 5.84 Å². The molecule has 0 fully saturated rings. The number of aliphatic imine (C=N–C) groups is 2. The van der Waals surface area contributed by atoms with Crippen molar-refractivity contribution in [1.29, 1.82) is 0 Å². The Balaban J connectivity index is 1.83. The van der Waals surface area contributed by atoms with Crippen molar-refractivity contribution in [3.8, 4) is 0 Å². The largest absolute Gasteiger partial charge is 0.232 e. The van der Waals surface area contributed by atoms with Crippen molar-refractivity contribution >= 4 is 33.2 Å². The van der Waals surface area contributed by atoms with Crippen LogP contribution in [0.4, 0.5) is 0 Å². The average molecular weight is 401 g/mol. The van der Waals surface area contributed by atoms with Crippen LogP contribution in [0.3, 0.4) is 0 Å². The Morgan fingerprint density at radius 2 is 1.31 bits per heavy atom. The number of nitrogens with zero attached hydrogens (tertiary/aromatic N) is 2. The van der Waals surface area contributed by atoms with Crippen LogP contribution in [0.2, 0.25) is 0 Å². The van der Waals surface area contributed by atoms with E-state index in [9.17, 15) is 0 Å². The highest BCUT2D eigenvalue weighted by Gasteiger charge is 2.13. The molecule has 0 aromatic heterocycles. The molecule has 0 atom stereocenters. The quantitative estimate of drug-likeness (QED) is 0.505. The third kappa shape index (κ3) is 3.73. The van der Waals surface area contributed by atoms with Gasteiger partial charge >= 0.3 is 0 Å². The van der Waals surface area contributed by atoms with Gasteiger partial charge in [-0.15, -0.1) is 0 Å². The molecular formula is C23H17BrN2. The van der Waals surface area contributed by atoms with Gasteiger partial charge in [0.05, 0.1) is 11.4 Å². The number of benzene rings is 3. The first-order valence-electron chi connectivity index (χ1n) is 8.53. The van der Waals surface area contributed by atoms with Gasteiger partial charge in [0.25, 0.3) is 0 Å². The first-order chi connectivity index (χ1) is 12.8. The molecular weight excluding hydrogens is 384 g/mol. The van der Waals surface area contributed by atoms with E-state index in [1.807, 2.05) is 48.5 Å². The van der Waals surface area contributed by atoms with Crippen LogP contribution in [0.5, 0.6) is 0 Å². The highest BCUT2D eigenvalue weighted by Crippen LogP contribution is 2.25. The minimum Gasteiger partial charge on any atom is -0.232 e. The minimum atomic E-state index is 0.742. The molecule has 4 rings (SSSR count). The smallest absolute Gasteiger partial charge is 0.160 e. The Hall–Kier alpha value is -2.78. The van der Waals surface area contributed by atoms with E-state index >= 15 is 0 Å². The summed E-state index contributed by atoms with van der Waals surface area (Å²) >= 11 is 3.55. The van der Waals surface area contributed by atoms with Gasteiger partial charge < -0.3 is 0 Å². The third-order valence-electron chi connectivity index (χ3n) is 4.22. The van der Waals surface area contributed by atoms with Crippen molar-refractivity contribution < 1.29 is 0 Å². The molecule has 26 heavy (non-hydrogen) atoms. The lowest BCUT2D eigenvalue weighted by Gasteiger charge is -2.05. The fraction of sp³-hybridized carbons (Fsp3) is 0.0435. The van der Waals surface area contributed by atoms with Crippen molar-refractivity contribution in [2.24, 2.45) is 9.98 Å². The van der Waals surface area contributed by atoms with Crippen molar-refractivity contribution in [2.45, 2.75) is 6.42 Å². The Kier molecular flexibility index (Phi) is 4.89. The molecule has 2 nitrogen and oxygen atoms in total. The molecule has 0 radical (unpaired) electrons. The van der Waals surface area contributed by atoms with E-state index in [0.717, 1.165) is 44.8 Å². The number of amidine groups is 1. The number of hydrogen-bond donors (Lipinski definition) is 0. The molecule has 3 aromatic rings. The first-order valence-corrected chi connectivity index (χ1v) is 9.32. The van der Waals surface area contributed by atoms with Crippen LogP contribution in [-0.2, 0) is 0 Å². The van der Waals surface area contributed by atoms with Gasteiger partial charge in [-0.1, -0.05) is 94.8 Å². The van der Waals surface area contributed by atoms with E-state index in [0.29, 0.717) is 0 Å². The van der Waals surface area contributed by atoms with Crippen LogP contribution < -0.4 is 0 Å². The predicted octanol–water partition coefficient (Wildman–Crippen LogP) is 6.13. The molecule has 0 N–H and O–H groups in total. The van der Waals surface area contributed by atoms with Crippen molar-refractivity contribution in [3.63, 3.8) is 0 Å². The van der Waals surface area contributed by atoms with Gasteiger partial charge in [0, 0.05) is 22.0 Å². The van der Waals surface area contributed by atoms with Crippen LogP contribution in [-0.4, -0.2) is 11.5 Å². The van der Waals surface area contributed by atoms with E-state index in [4.69, 9.17) is 9.98 Å². The summed E-state index contributed by atoms with van der Waals surface area (Å²) in [5, 5.41) is 0. The molecule has 1 aliphatic rings. The summed E-state index contributed by atoms with van der Waals surface area (Å²) in [5.74, 6) is 0.744. The van der Waals surface area contributed by atoms with Crippen LogP contribution in [0.25, 0.3) is 5.70 Å². The van der Waals surface area contributed by atoms with E-state index in [1.54, 1.807) is 0 Å². The second-order valence-corrected chi connectivity index (χ2v) is 6.95. The Morgan fingerprint density at radius 3 is 2.00 bits per heavy atom.